The summed E-state index contributed by atoms with van der Waals surface area (Å²) in [5.74, 6) is 0.141. The van der Waals surface area contributed by atoms with Crippen molar-refractivity contribution < 1.29 is 19.1 Å². The van der Waals surface area contributed by atoms with E-state index >= 15 is 0 Å². The van der Waals surface area contributed by atoms with Gasteiger partial charge >= 0.3 is 7.60 Å². The fourth-order valence-electron chi connectivity index (χ4n) is 2.10. The minimum absolute atomic E-state index is 0.141. The minimum atomic E-state index is -4.63. The van der Waals surface area contributed by atoms with Crippen LogP contribution in [-0.4, -0.2) is 46.9 Å². The number of hydrogen-bond acceptors (Lipinski definition) is 6. The summed E-state index contributed by atoms with van der Waals surface area (Å²) in [6.45, 7) is 0. The fraction of sp³-hybridized carbons (Fsp3) is 0.200. The molecule has 0 radical (unpaired) electrons. The van der Waals surface area contributed by atoms with E-state index in [0.29, 0.717) is 5.65 Å². The van der Waals surface area contributed by atoms with E-state index < -0.39 is 13.7 Å². The molecule has 22 heavy (non-hydrogen) atoms. The summed E-state index contributed by atoms with van der Waals surface area (Å²) in [6, 6.07) is 3.34. The van der Waals surface area contributed by atoms with Gasteiger partial charge in [-0.15, -0.1) is 10.2 Å². The average Bonchev–Trinajstić information content (AvgIpc) is 3.07. The Labute approximate surface area is 131 Å². The SMILES string of the molecule is COC(c1nn[nH]n1)c1c(P(=O)(O)O)nc2cc(Br)ccn12. The van der Waals surface area contributed by atoms with Gasteiger partial charge < -0.3 is 14.5 Å². The maximum absolute atomic E-state index is 11.8. The quantitative estimate of drug-likeness (QED) is 0.536. The number of tetrazole rings is 1. The van der Waals surface area contributed by atoms with Crippen LogP contribution in [0.2, 0.25) is 0 Å². The largest absolute Gasteiger partial charge is 0.376 e. The zero-order valence-electron chi connectivity index (χ0n) is 11.1. The van der Waals surface area contributed by atoms with Crippen molar-refractivity contribution in [2.45, 2.75) is 6.10 Å². The van der Waals surface area contributed by atoms with Gasteiger partial charge in [-0.05, 0) is 12.1 Å². The molecule has 0 amide bonds. The molecular formula is C10H10BrN6O4P. The number of nitrogens with zero attached hydrogens (tertiary/aromatic N) is 5. The van der Waals surface area contributed by atoms with Gasteiger partial charge in [-0.1, -0.05) is 21.1 Å². The highest BCUT2D eigenvalue weighted by atomic mass is 79.9. The van der Waals surface area contributed by atoms with Crippen molar-refractivity contribution in [2.24, 2.45) is 0 Å². The number of aromatic amines is 1. The first kappa shape index (κ1) is 15.3. The number of ether oxygens (including phenoxy) is 1. The first-order valence-electron chi connectivity index (χ1n) is 5.91. The van der Waals surface area contributed by atoms with Crippen molar-refractivity contribution in [1.29, 1.82) is 0 Å². The van der Waals surface area contributed by atoms with Crippen LogP contribution >= 0.6 is 23.5 Å². The summed E-state index contributed by atoms with van der Waals surface area (Å²) in [4.78, 5) is 23.2. The third-order valence-corrected chi connectivity index (χ3v) is 4.34. The molecule has 10 nitrogen and oxygen atoms in total. The highest BCUT2D eigenvalue weighted by molar-refractivity contribution is 9.10. The summed E-state index contributed by atoms with van der Waals surface area (Å²) >= 11 is 3.29. The first-order valence-corrected chi connectivity index (χ1v) is 8.32. The summed E-state index contributed by atoms with van der Waals surface area (Å²) in [5.41, 5.74) is 0.121. The molecule has 0 fully saturated rings. The predicted molar refractivity (Wildman–Crippen MR) is 77.6 cm³/mol. The third kappa shape index (κ3) is 2.57. The third-order valence-electron chi connectivity index (χ3n) is 2.96. The van der Waals surface area contributed by atoms with Gasteiger partial charge in [0, 0.05) is 17.8 Å². The second kappa shape index (κ2) is 5.52. The highest BCUT2D eigenvalue weighted by Crippen LogP contribution is 2.38. The lowest BCUT2D eigenvalue weighted by Gasteiger charge is -2.13. The van der Waals surface area contributed by atoms with Crippen LogP contribution in [0.25, 0.3) is 5.65 Å². The monoisotopic (exact) mass is 388 g/mol. The van der Waals surface area contributed by atoms with E-state index in [4.69, 9.17) is 4.74 Å². The molecule has 3 N–H and O–H groups in total. The molecule has 116 valence electrons. The number of fused-ring (bicyclic) bond motifs is 1. The Hall–Kier alpha value is -1.65. The Morgan fingerprint density at radius 1 is 1.50 bits per heavy atom. The zero-order chi connectivity index (χ0) is 15.9. The van der Waals surface area contributed by atoms with Crippen LogP contribution in [0.5, 0.6) is 0 Å². The van der Waals surface area contributed by atoms with Crippen LogP contribution in [0.4, 0.5) is 0 Å². The standard InChI is InChI=1S/C10H10BrN6O4P/c1-21-8(9-13-15-16-14-9)7-10(22(18,19)20)12-6-4-5(11)2-3-17(6)7/h2-4,8H,1H3,(H2,18,19,20)(H,13,14,15,16). The molecule has 3 aromatic rings. The Bertz CT molecular complexity index is 860. The number of hydrogen-bond donors (Lipinski definition) is 3. The number of methoxy groups -OCH3 is 1. The van der Waals surface area contributed by atoms with E-state index in [1.165, 1.54) is 11.5 Å². The molecule has 0 spiro atoms. The van der Waals surface area contributed by atoms with Gasteiger partial charge in [0.1, 0.15) is 5.65 Å². The number of aromatic nitrogens is 6. The number of pyridine rings is 1. The molecule has 0 bridgehead atoms. The van der Waals surface area contributed by atoms with Gasteiger partial charge in [-0.25, -0.2) is 4.98 Å². The van der Waals surface area contributed by atoms with Crippen LogP contribution in [-0.2, 0) is 9.30 Å². The maximum Gasteiger partial charge on any atom is 0.376 e. The van der Waals surface area contributed by atoms with Crippen LogP contribution in [0.3, 0.4) is 0 Å². The Kier molecular flexibility index (Phi) is 3.83. The second-order valence-electron chi connectivity index (χ2n) is 4.32. The second-order valence-corrected chi connectivity index (χ2v) is 6.75. The topological polar surface area (TPSA) is 139 Å². The normalized spacial score (nSPS) is 13.6. The van der Waals surface area contributed by atoms with Crippen LogP contribution in [0.15, 0.2) is 22.8 Å². The Balaban J connectivity index is 2.32. The fourth-order valence-corrected chi connectivity index (χ4v) is 3.18. The molecule has 0 aliphatic carbocycles. The molecule has 0 saturated carbocycles. The number of rotatable bonds is 4. The zero-order valence-corrected chi connectivity index (χ0v) is 13.6. The molecule has 3 heterocycles. The van der Waals surface area contributed by atoms with Gasteiger partial charge in [-0.3, -0.25) is 8.97 Å². The van der Waals surface area contributed by atoms with Gasteiger partial charge in [0.25, 0.3) is 0 Å². The summed E-state index contributed by atoms with van der Waals surface area (Å²) < 4.78 is 19.3. The minimum Gasteiger partial charge on any atom is -0.367 e. The number of H-pyrrole nitrogens is 1. The molecule has 3 aromatic heterocycles. The number of nitrogens with one attached hydrogen (secondary N) is 1. The highest BCUT2D eigenvalue weighted by Gasteiger charge is 2.34. The van der Waals surface area contributed by atoms with Gasteiger partial charge in [0.2, 0.25) is 5.82 Å². The summed E-state index contributed by atoms with van der Waals surface area (Å²) in [7, 11) is -3.25. The van der Waals surface area contributed by atoms with Gasteiger partial charge in [-0.2, -0.15) is 5.21 Å². The van der Waals surface area contributed by atoms with Crippen molar-refractivity contribution in [2.75, 3.05) is 7.11 Å². The molecular weight excluding hydrogens is 379 g/mol. The Morgan fingerprint density at radius 3 is 2.86 bits per heavy atom. The first-order chi connectivity index (χ1) is 10.4. The van der Waals surface area contributed by atoms with Crippen LogP contribution in [0, 0.1) is 0 Å². The van der Waals surface area contributed by atoms with E-state index in [2.05, 4.69) is 41.5 Å². The smallest absolute Gasteiger partial charge is 0.367 e. The lowest BCUT2D eigenvalue weighted by molar-refractivity contribution is 0.125. The maximum atomic E-state index is 11.8. The molecule has 0 aliphatic rings. The molecule has 0 saturated heterocycles. The summed E-state index contributed by atoms with van der Waals surface area (Å²) in [6.07, 6.45) is 0.685. The average molecular weight is 389 g/mol. The van der Waals surface area contributed by atoms with Gasteiger partial charge in [0.15, 0.2) is 11.5 Å². The lowest BCUT2D eigenvalue weighted by atomic mass is 10.2. The number of halogens is 1. The lowest BCUT2D eigenvalue weighted by Crippen LogP contribution is -2.19. The molecule has 3 rings (SSSR count). The molecule has 1 unspecified atom stereocenters. The van der Waals surface area contributed by atoms with Crippen molar-refractivity contribution in [3.05, 3.63) is 34.3 Å². The molecule has 1 atom stereocenters. The van der Waals surface area contributed by atoms with Gasteiger partial charge in [0.05, 0.1) is 5.69 Å². The predicted octanol–water partition coefficient (Wildman–Crippen LogP) is 0.149. The Morgan fingerprint density at radius 2 is 2.27 bits per heavy atom. The van der Waals surface area contributed by atoms with E-state index in [1.807, 2.05) is 0 Å². The van der Waals surface area contributed by atoms with Crippen molar-refractivity contribution in [3.8, 4) is 0 Å². The summed E-state index contributed by atoms with van der Waals surface area (Å²) in [5, 5.41) is 13.4. The van der Waals surface area contributed by atoms with Crippen LogP contribution < -0.4 is 5.44 Å². The van der Waals surface area contributed by atoms with E-state index in [-0.39, 0.29) is 17.0 Å². The van der Waals surface area contributed by atoms with Crippen molar-refractivity contribution in [3.63, 3.8) is 0 Å². The molecule has 12 heteroatoms. The van der Waals surface area contributed by atoms with Crippen molar-refractivity contribution >= 4 is 34.6 Å². The van der Waals surface area contributed by atoms with E-state index in [9.17, 15) is 14.4 Å². The van der Waals surface area contributed by atoms with Crippen molar-refractivity contribution in [1.82, 2.24) is 30.0 Å². The van der Waals surface area contributed by atoms with Crippen LogP contribution in [0.1, 0.15) is 17.6 Å². The molecule has 0 aromatic carbocycles. The number of imidazole rings is 1. The van der Waals surface area contributed by atoms with E-state index in [1.54, 1.807) is 18.3 Å². The van der Waals surface area contributed by atoms with E-state index in [0.717, 1.165) is 4.47 Å². The molecule has 0 aliphatic heterocycles.